The zero-order chi connectivity index (χ0) is 17.5. The molecule has 1 N–H and O–H groups in total. The van der Waals surface area contributed by atoms with Crippen LogP contribution in [0.5, 0.6) is 0 Å². The second-order valence-corrected chi connectivity index (χ2v) is 5.81. The lowest BCUT2D eigenvalue weighted by Gasteiger charge is -2.14. The smallest absolute Gasteiger partial charge is 0.305 e. The van der Waals surface area contributed by atoms with Crippen LogP contribution in [0.3, 0.4) is 0 Å². The van der Waals surface area contributed by atoms with Gasteiger partial charge in [-0.3, -0.25) is 9.79 Å². The van der Waals surface area contributed by atoms with Crippen LogP contribution in [0.2, 0.25) is 10.0 Å². The number of nitrogens with one attached hydrogen (secondary N) is 1. The van der Waals surface area contributed by atoms with Gasteiger partial charge in [0.25, 0.3) is 5.56 Å². The number of rotatable bonds is 3. The molecule has 0 saturated carbocycles. The van der Waals surface area contributed by atoms with E-state index in [9.17, 15) is 18.0 Å². The van der Waals surface area contributed by atoms with Crippen LogP contribution >= 0.6 is 23.2 Å². The van der Waals surface area contributed by atoms with Crippen molar-refractivity contribution in [3.8, 4) is 0 Å². The summed E-state index contributed by atoms with van der Waals surface area (Å²) in [6.45, 7) is 0. The van der Waals surface area contributed by atoms with Crippen LogP contribution in [0.4, 0.5) is 13.2 Å². The van der Waals surface area contributed by atoms with Crippen molar-refractivity contribution in [2.75, 3.05) is 0 Å². The summed E-state index contributed by atoms with van der Waals surface area (Å²) >= 11 is 11.6. The van der Waals surface area contributed by atoms with Crippen molar-refractivity contribution >= 4 is 28.9 Å². The molecule has 2 heterocycles. The molecule has 0 unspecified atom stereocenters. The van der Waals surface area contributed by atoms with Crippen LogP contribution in [0, 0.1) is 0 Å². The van der Waals surface area contributed by atoms with Crippen LogP contribution in [-0.2, 0) is 12.6 Å². The molecule has 24 heavy (non-hydrogen) atoms. The first-order valence-electron chi connectivity index (χ1n) is 6.65. The number of nitrogens with zero attached hydrogens (tertiary/aromatic N) is 2. The summed E-state index contributed by atoms with van der Waals surface area (Å²) in [6.07, 6.45) is -2.21. The SMILES string of the molecule is O=c1[nH]c(C2=NC=C2)nc(C(F)(F)F)c1Cc1ccc(Cl)c(Cl)c1. The van der Waals surface area contributed by atoms with E-state index in [0.717, 1.165) is 0 Å². The first-order valence-corrected chi connectivity index (χ1v) is 7.40. The third kappa shape index (κ3) is 3.22. The average Bonchev–Trinajstić information content (AvgIpc) is 2.42. The molecule has 0 amide bonds. The van der Waals surface area contributed by atoms with E-state index in [4.69, 9.17) is 23.2 Å². The minimum Gasteiger partial charge on any atom is -0.305 e. The van der Waals surface area contributed by atoms with Gasteiger partial charge in [-0.25, -0.2) is 4.98 Å². The molecule has 0 saturated heterocycles. The predicted molar refractivity (Wildman–Crippen MR) is 84.8 cm³/mol. The number of aromatic amines is 1. The minimum atomic E-state index is -4.78. The minimum absolute atomic E-state index is 0.192. The Morgan fingerprint density at radius 2 is 1.88 bits per heavy atom. The van der Waals surface area contributed by atoms with E-state index in [2.05, 4.69) is 15.0 Å². The van der Waals surface area contributed by atoms with E-state index in [1.807, 2.05) is 0 Å². The summed E-state index contributed by atoms with van der Waals surface area (Å²) in [7, 11) is 0. The highest BCUT2D eigenvalue weighted by molar-refractivity contribution is 6.42. The van der Waals surface area contributed by atoms with Gasteiger partial charge in [-0.15, -0.1) is 0 Å². The maximum Gasteiger partial charge on any atom is 0.433 e. The Balaban J connectivity index is 2.08. The predicted octanol–water partition coefficient (Wildman–Crippen LogP) is 4.00. The van der Waals surface area contributed by atoms with E-state index in [-0.39, 0.29) is 28.0 Å². The summed E-state index contributed by atoms with van der Waals surface area (Å²) in [5.74, 6) is -0.215. The van der Waals surface area contributed by atoms with Crippen LogP contribution in [0.15, 0.2) is 40.3 Å². The van der Waals surface area contributed by atoms with Crippen LogP contribution in [-0.4, -0.2) is 15.7 Å². The van der Waals surface area contributed by atoms with E-state index >= 15 is 0 Å². The van der Waals surface area contributed by atoms with Gasteiger partial charge in [0.1, 0.15) is 5.71 Å². The molecule has 4 nitrogen and oxygen atoms in total. The van der Waals surface area contributed by atoms with E-state index in [1.54, 1.807) is 0 Å². The number of benzene rings is 1. The van der Waals surface area contributed by atoms with Gasteiger partial charge in [0.15, 0.2) is 11.5 Å². The van der Waals surface area contributed by atoms with E-state index in [0.29, 0.717) is 5.56 Å². The first-order chi connectivity index (χ1) is 11.3. The number of allylic oxidation sites excluding steroid dienone is 1. The summed E-state index contributed by atoms with van der Waals surface area (Å²) in [4.78, 5) is 21.8. The summed E-state index contributed by atoms with van der Waals surface area (Å²) in [5, 5.41) is 0.464. The highest BCUT2D eigenvalue weighted by Crippen LogP contribution is 2.31. The molecule has 1 aromatic heterocycles. The van der Waals surface area contributed by atoms with Crippen LogP contribution < -0.4 is 5.56 Å². The summed E-state index contributed by atoms with van der Waals surface area (Å²) in [6, 6.07) is 4.37. The van der Waals surface area contributed by atoms with Gasteiger partial charge >= 0.3 is 6.18 Å². The number of hydrogen-bond acceptors (Lipinski definition) is 3. The molecular formula is C15H8Cl2F3N3O. The molecule has 0 radical (unpaired) electrons. The summed E-state index contributed by atoms with van der Waals surface area (Å²) in [5.41, 5.74) is -2.00. The topological polar surface area (TPSA) is 58.1 Å². The lowest BCUT2D eigenvalue weighted by Crippen LogP contribution is -2.27. The van der Waals surface area contributed by atoms with Gasteiger partial charge in [0.2, 0.25) is 0 Å². The van der Waals surface area contributed by atoms with E-state index < -0.39 is 23.0 Å². The third-order valence-corrected chi connectivity index (χ3v) is 4.08. The molecule has 0 fully saturated rings. The molecule has 0 aliphatic carbocycles. The van der Waals surface area contributed by atoms with Crippen molar-refractivity contribution in [2.24, 2.45) is 4.99 Å². The summed E-state index contributed by atoms with van der Waals surface area (Å²) < 4.78 is 40.0. The lowest BCUT2D eigenvalue weighted by molar-refractivity contribution is -0.142. The Bertz CT molecular complexity index is 933. The molecule has 9 heteroatoms. The highest BCUT2D eigenvalue weighted by atomic mass is 35.5. The average molecular weight is 374 g/mol. The Morgan fingerprint density at radius 1 is 1.17 bits per heavy atom. The van der Waals surface area contributed by atoms with Crippen molar-refractivity contribution in [3.63, 3.8) is 0 Å². The first kappa shape index (κ1) is 16.7. The molecular weight excluding hydrogens is 366 g/mol. The van der Waals surface area contributed by atoms with Crippen LogP contribution in [0.25, 0.3) is 0 Å². The number of aliphatic imine (C=N–C) groups is 1. The number of aromatic nitrogens is 2. The van der Waals surface area contributed by atoms with Crippen molar-refractivity contribution in [3.05, 3.63) is 73.5 Å². The van der Waals surface area contributed by atoms with Crippen molar-refractivity contribution in [2.45, 2.75) is 12.6 Å². The standard InChI is InChI=1S/C15H8Cl2F3N3O/c16-9-2-1-7(6-10(9)17)5-8-12(15(18,19)20)22-13(23-14(8)24)11-3-4-21-11/h1-4,6H,5H2,(H,22,23,24). The Hall–Kier alpha value is -2.12. The monoisotopic (exact) mass is 373 g/mol. The molecule has 2 aromatic rings. The number of hydrogen-bond donors (Lipinski definition) is 1. The Kier molecular flexibility index (Phi) is 4.23. The van der Waals surface area contributed by atoms with Crippen molar-refractivity contribution < 1.29 is 13.2 Å². The van der Waals surface area contributed by atoms with E-state index in [1.165, 1.54) is 30.5 Å². The lowest BCUT2D eigenvalue weighted by atomic mass is 10.0. The van der Waals surface area contributed by atoms with Crippen LogP contribution in [0.1, 0.15) is 22.6 Å². The Labute approximate surface area is 143 Å². The van der Waals surface area contributed by atoms with Gasteiger partial charge in [-0.1, -0.05) is 29.3 Å². The second-order valence-electron chi connectivity index (χ2n) is 4.99. The maximum atomic E-state index is 13.3. The van der Waals surface area contributed by atoms with Crippen molar-refractivity contribution in [1.82, 2.24) is 9.97 Å². The molecule has 0 spiro atoms. The van der Waals surface area contributed by atoms with Gasteiger partial charge in [-0.05, 0) is 23.8 Å². The largest absolute Gasteiger partial charge is 0.433 e. The molecule has 124 valence electrons. The van der Waals surface area contributed by atoms with Gasteiger partial charge in [-0.2, -0.15) is 13.2 Å². The number of H-pyrrole nitrogens is 1. The van der Waals surface area contributed by atoms with Gasteiger partial charge in [0, 0.05) is 12.6 Å². The fourth-order valence-electron chi connectivity index (χ4n) is 2.16. The molecule has 3 rings (SSSR count). The molecule has 1 aliphatic heterocycles. The highest BCUT2D eigenvalue weighted by Gasteiger charge is 2.37. The zero-order valence-corrected chi connectivity index (χ0v) is 13.3. The molecule has 0 atom stereocenters. The molecule has 1 aromatic carbocycles. The molecule has 0 bridgehead atoms. The molecule has 1 aliphatic rings. The normalized spacial score (nSPS) is 13.6. The van der Waals surface area contributed by atoms with Gasteiger partial charge < -0.3 is 4.98 Å². The fourth-order valence-corrected chi connectivity index (χ4v) is 2.48. The number of halogens is 5. The fraction of sp³-hybridized carbons (Fsp3) is 0.133. The maximum absolute atomic E-state index is 13.3. The number of alkyl halides is 3. The quantitative estimate of drug-likeness (QED) is 0.883. The third-order valence-electron chi connectivity index (χ3n) is 3.34. The van der Waals surface area contributed by atoms with Gasteiger partial charge in [0.05, 0.1) is 15.6 Å². The van der Waals surface area contributed by atoms with Crippen molar-refractivity contribution in [1.29, 1.82) is 0 Å². The zero-order valence-electron chi connectivity index (χ0n) is 11.8. The second kappa shape index (κ2) is 6.07. The Morgan fingerprint density at radius 3 is 2.42 bits per heavy atom.